The molecular weight excluding hydrogens is 494 g/mol. The molecule has 1 rings (SSSR count). The highest BCUT2D eigenvalue weighted by molar-refractivity contribution is 5.84. The number of amides is 1. The Balaban J connectivity index is 2.99. The van der Waals surface area contributed by atoms with Crippen molar-refractivity contribution in [1.82, 2.24) is 5.32 Å². The Morgan fingerprint density at radius 3 is 2.21 bits per heavy atom. The number of rotatable bonds is 9. The first-order valence-corrected chi connectivity index (χ1v) is 13.9. The lowest BCUT2D eigenvalue weighted by molar-refractivity contribution is -0.159. The standard InChI is InChI=1S/C28H51NO9/c1-14-9-16(3)27(38-28(36)20(7)29-25(34)13-22(31)12-23(14)32)17(4)10-15(2)26(35)19(6)24(33)11-18(5)37-21(8)30/h14-20,22-24,26-27,31-33,35H,9-13H2,1-8H3,(H,29,34)/t14-,15+,16-,17+,18+,19-,20-,22+,23+,24-,26+,27-/m1/s1. The van der Waals surface area contributed by atoms with E-state index in [1.807, 2.05) is 27.7 Å². The molecule has 1 aliphatic rings. The molecule has 5 N–H and O–H groups in total. The van der Waals surface area contributed by atoms with Crippen molar-refractivity contribution in [2.24, 2.45) is 29.6 Å². The lowest BCUT2D eigenvalue weighted by Gasteiger charge is -2.36. The molecule has 0 spiro atoms. The van der Waals surface area contributed by atoms with E-state index >= 15 is 0 Å². The molecule has 1 heterocycles. The summed E-state index contributed by atoms with van der Waals surface area (Å²) in [6.07, 6.45) is -3.49. The fourth-order valence-electron chi connectivity index (χ4n) is 5.57. The van der Waals surface area contributed by atoms with E-state index in [4.69, 9.17) is 9.47 Å². The van der Waals surface area contributed by atoms with Gasteiger partial charge in [-0.15, -0.1) is 0 Å². The van der Waals surface area contributed by atoms with E-state index < -0.39 is 66.4 Å². The first kappa shape index (κ1) is 34.3. The van der Waals surface area contributed by atoms with Gasteiger partial charge in [-0.1, -0.05) is 34.6 Å². The molecule has 0 saturated carbocycles. The molecule has 1 aliphatic heterocycles. The van der Waals surface area contributed by atoms with E-state index in [1.54, 1.807) is 13.8 Å². The van der Waals surface area contributed by atoms with Crippen molar-refractivity contribution in [2.45, 2.75) is 130 Å². The normalized spacial score (nSPS) is 32.6. The summed E-state index contributed by atoms with van der Waals surface area (Å²) in [7, 11) is 0. The lowest BCUT2D eigenvalue weighted by atomic mass is 9.78. The number of hydrogen-bond donors (Lipinski definition) is 5. The zero-order chi connectivity index (χ0) is 29.3. The van der Waals surface area contributed by atoms with Crippen LogP contribution in [0.25, 0.3) is 0 Å². The number of carbonyl (C=O) groups is 3. The number of aliphatic hydroxyl groups excluding tert-OH is 4. The van der Waals surface area contributed by atoms with Crippen molar-refractivity contribution in [3.05, 3.63) is 0 Å². The van der Waals surface area contributed by atoms with Gasteiger partial charge in [0.1, 0.15) is 18.2 Å². The molecule has 10 nitrogen and oxygen atoms in total. The Morgan fingerprint density at radius 2 is 1.63 bits per heavy atom. The molecule has 1 amide bonds. The minimum atomic E-state index is -1.02. The van der Waals surface area contributed by atoms with Crippen LogP contribution in [0.1, 0.15) is 87.5 Å². The molecule has 0 bridgehead atoms. The van der Waals surface area contributed by atoms with Crippen LogP contribution in [0.3, 0.4) is 0 Å². The van der Waals surface area contributed by atoms with Gasteiger partial charge in [0, 0.05) is 19.3 Å². The van der Waals surface area contributed by atoms with Gasteiger partial charge >= 0.3 is 11.9 Å². The molecule has 1 fully saturated rings. The van der Waals surface area contributed by atoms with Crippen LogP contribution in [-0.2, 0) is 23.9 Å². The van der Waals surface area contributed by atoms with Crippen molar-refractivity contribution in [3.63, 3.8) is 0 Å². The SMILES string of the molecule is CC(=O)O[C@@H](C)C[C@@H](O)[C@@H](C)[C@@H](O)[C@@H](C)C[C@H](C)[C@@H]1OC(=O)[C@@H](C)NC(=O)C[C@@H](O)C[C@H](O)[C@H](C)C[C@H]1C. The monoisotopic (exact) mass is 545 g/mol. The van der Waals surface area contributed by atoms with Gasteiger partial charge in [-0.05, 0) is 56.8 Å². The molecular formula is C28H51NO9. The second-order valence-corrected chi connectivity index (χ2v) is 11.8. The maximum atomic E-state index is 12.9. The Bertz CT molecular complexity index is 763. The first-order valence-electron chi connectivity index (χ1n) is 13.9. The van der Waals surface area contributed by atoms with Gasteiger partial charge in [0.15, 0.2) is 0 Å². The van der Waals surface area contributed by atoms with E-state index in [0.29, 0.717) is 12.8 Å². The zero-order valence-corrected chi connectivity index (χ0v) is 24.3. The molecule has 0 unspecified atom stereocenters. The van der Waals surface area contributed by atoms with Gasteiger partial charge in [-0.25, -0.2) is 4.79 Å². The van der Waals surface area contributed by atoms with E-state index in [9.17, 15) is 34.8 Å². The van der Waals surface area contributed by atoms with Gasteiger partial charge in [0.05, 0.1) is 30.8 Å². The Hall–Kier alpha value is -1.75. The predicted molar refractivity (Wildman–Crippen MR) is 142 cm³/mol. The predicted octanol–water partition coefficient (Wildman–Crippen LogP) is 1.94. The van der Waals surface area contributed by atoms with Crippen molar-refractivity contribution in [3.8, 4) is 0 Å². The molecule has 222 valence electrons. The summed E-state index contributed by atoms with van der Waals surface area (Å²) < 4.78 is 11.0. The van der Waals surface area contributed by atoms with Crippen LogP contribution in [0.2, 0.25) is 0 Å². The van der Waals surface area contributed by atoms with Crippen LogP contribution >= 0.6 is 0 Å². The average Bonchev–Trinajstić information content (AvgIpc) is 2.79. The summed E-state index contributed by atoms with van der Waals surface area (Å²) in [5.74, 6) is -2.75. The topological polar surface area (TPSA) is 163 Å². The van der Waals surface area contributed by atoms with Gasteiger partial charge < -0.3 is 35.2 Å². The second kappa shape index (κ2) is 15.7. The van der Waals surface area contributed by atoms with E-state index in [2.05, 4.69) is 5.32 Å². The van der Waals surface area contributed by atoms with Crippen molar-refractivity contribution >= 4 is 17.8 Å². The summed E-state index contributed by atoms with van der Waals surface area (Å²) in [6, 6.07) is -0.905. The Morgan fingerprint density at radius 1 is 1.03 bits per heavy atom. The molecule has 0 aromatic heterocycles. The number of carbonyl (C=O) groups excluding carboxylic acids is 3. The van der Waals surface area contributed by atoms with Gasteiger partial charge in [0.25, 0.3) is 0 Å². The molecule has 0 aromatic carbocycles. The highest BCUT2D eigenvalue weighted by atomic mass is 16.5. The summed E-state index contributed by atoms with van der Waals surface area (Å²) in [4.78, 5) is 36.3. The van der Waals surface area contributed by atoms with Crippen molar-refractivity contribution < 1.29 is 44.3 Å². The number of hydrogen-bond acceptors (Lipinski definition) is 9. The van der Waals surface area contributed by atoms with Crippen molar-refractivity contribution in [2.75, 3.05) is 0 Å². The maximum Gasteiger partial charge on any atom is 0.328 e. The van der Waals surface area contributed by atoms with Crippen LogP contribution in [0.15, 0.2) is 0 Å². The number of aliphatic hydroxyl groups is 4. The van der Waals surface area contributed by atoms with Crippen LogP contribution in [-0.4, -0.2) is 80.9 Å². The van der Waals surface area contributed by atoms with Crippen LogP contribution in [0.5, 0.6) is 0 Å². The van der Waals surface area contributed by atoms with Crippen LogP contribution < -0.4 is 5.32 Å². The number of esters is 2. The third-order valence-electron chi connectivity index (χ3n) is 7.85. The lowest BCUT2D eigenvalue weighted by Crippen LogP contribution is -2.44. The molecule has 0 radical (unpaired) electrons. The second-order valence-electron chi connectivity index (χ2n) is 11.8. The molecule has 0 aliphatic carbocycles. The van der Waals surface area contributed by atoms with Crippen LogP contribution in [0.4, 0.5) is 0 Å². The number of cyclic esters (lactones) is 1. The largest absolute Gasteiger partial charge is 0.463 e. The van der Waals surface area contributed by atoms with Crippen molar-refractivity contribution in [1.29, 1.82) is 0 Å². The van der Waals surface area contributed by atoms with E-state index in [1.165, 1.54) is 13.8 Å². The minimum absolute atomic E-state index is 0.0597. The highest BCUT2D eigenvalue weighted by Gasteiger charge is 2.36. The number of nitrogens with one attached hydrogen (secondary N) is 1. The van der Waals surface area contributed by atoms with Gasteiger partial charge in [-0.3, -0.25) is 9.59 Å². The van der Waals surface area contributed by atoms with Gasteiger partial charge in [0.2, 0.25) is 5.91 Å². The molecule has 10 heteroatoms. The maximum absolute atomic E-state index is 12.9. The summed E-state index contributed by atoms with van der Waals surface area (Å²) in [5.41, 5.74) is 0. The summed E-state index contributed by atoms with van der Waals surface area (Å²) >= 11 is 0. The molecule has 12 atom stereocenters. The van der Waals surface area contributed by atoms with E-state index in [-0.39, 0.29) is 42.9 Å². The highest BCUT2D eigenvalue weighted by Crippen LogP contribution is 2.32. The first-order chi connectivity index (χ1) is 17.5. The van der Waals surface area contributed by atoms with Gasteiger partial charge in [-0.2, -0.15) is 0 Å². The quantitative estimate of drug-likeness (QED) is 0.273. The Labute approximate surface area is 227 Å². The third-order valence-corrected chi connectivity index (χ3v) is 7.85. The summed E-state index contributed by atoms with van der Waals surface area (Å²) in [5, 5.41) is 45.0. The minimum Gasteiger partial charge on any atom is -0.463 e. The smallest absolute Gasteiger partial charge is 0.328 e. The molecule has 38 heavy (non-hydrogen) atoms. The third kappa shape index (κ3) is 11.2. The number of ether oxygens (including phenoxy) is 2. The molecule has 0 aromatic rings. The fraction of sp³-hybridized carbons (Fsp3) is 0.893. The zero-order valence-electron chi connectivity index (χ0n) is 24.3. The fourth-order valence-corrected chi connectivity index (χ4v) is 5.57. The van der Waals surface area contributed by atoms with E-state index in [0.717, 1.165) is 0 Å². The molecule has 1 saturated heterocycles. The summed E-state index contributed by atoms with van der Waals surface area (Å²) in [6.45, 7) is 13.9. The average molecular weight is 546 g/mol. The Kier molecular flexibility index (Phi) is 14.2. The van der Waals surface area contributed by atoms with Crippen LogP contribution in [0, 0.1) is 29.6 Å².